The quantitative estimate of drug-likeness (QED) is 0.570. The number of fused-ring (bicyclic) bond motifs is 1. The van der Waals surface area contributed by atoms with Gasteiger partial charge in [-0.2, -0.15) is 5.26 Å². The lowest BCUT2D eigenvalue weighted by atomic mass is 9.86. The Kier molecular flexibility index (Phi) is 5.63. The van der Waals surface area contributed by atoms with Crippen LogP contribution in [0.3, 0.4) is 0 Å². The number of carbonyl (C=O) groups excluding carboxylic acids is 2. The zero-order valence-electron chi connectivity index (χ0n) is 15.3. The van der Waals surface area contributed by atoms with Gasteiger partial charge in [0, 0.05) is 18.9 Å². The molecule has 2 saturated heterocycles. The topological polar surface area (TPSA) is 98.1 Å². The molecule has 0 radical (unpaired) electrons. The lowest BCUT2D eigenvalue weighted by Crippen LogP contribution is -2.62. The van der Waals surface area contributed by atoms with Crippen molar-refractivity contribution in [1.82, 2.24) is 0 Å². The first-order valence-electron chi connectivity index (χ1n) is 9.00. The number of carbonyl (C=O) groups is 2. The predicted molar refractivity (Wildman–Crippen MR) is 93.2 cm³/mol. The lowest BCUT2D eigenvalue weighted by molar-refractivity contribution is -0.212. The minimum Gasteiger partial charge on any atom is -0.463 e. The third-order valence-electron chi connectivity index (χ3n) is 4.68. The van der Waals surface area contributed by atoms with E-state index in [0.29, 0.717) is 24.3 Å². The zero-order chi connectivity index (χ0) is 19.4. The van der Waals surface area contributed by atoms with Crippen molar-refractivity contribution in [1.29, 1.82) is 5.26 Å². The summed E-state index contributed by atoms with van der Waals surface area (Å²) in [5.74, 6) is -1.65. The van der Waals surface area contributed by atoms with E-state index in [-0.39, 0.29) is 25.6 Å². The van der Waals surface area contributed by atoms with Gasteiger partial charge in [-0.05, 0) is 44.5 Å². The minimum atomic E-state index is -1.88. The van der Waals surface area contributed by atoms with E-state index in [4.69, 9.17) is 24.3 Å². The van der Waals surface area contributed by atoms with E-state index in [1.807, 2.05) is 0 Å². The average Bonchev–Trinajstić information content (AvgIpc) is 3.16. The van der Waals surface area contributed by atoms with Gasteiger partial charge in [0.2, 0.25) is 0 Å². The van der Waals surface area contributed by atoms with Gasteiger partial charge < -0.3 is 14.2 Å². The largest absolute Gasteiger partial charge is 0.463 e. The van der Waals surface area contributed by atoms with Crippen LogP contribution in [-0.4, -0.2) is 43.6 Å². The van der Waals surface area contributed by atoms with Crippen LogP contribution in [0.25, 0.3) is 0 Å². The molecule has 2 atom stereocenters. The Morgan fingerprint density at radius 3 is 2.41 bits per heavy atom. The molecule has 2 aliphatic heterocycles. The van der Waals surface area contributed by atoms with Gasteiger partial charge >= 0.3 is 11.9 Å². The molecule has 2 fully saturated rings. The van der Waals surface area contributed by atoms with Gasteiger partial charge in [0.15, 0.2) is 6.23 Å². The predicted octanol–water partition coefficient (Wildman–Crippen LogP) is 1.93. The summed E-state index contributed by atoms with van der Waals surface area (Å²) in [6.07, 6.45) is 0.374. The fourth-order valence-corrected chi connectivity index (χ4v) is 3.41. The molecule has 0 unspecified atom stereocenters. The molecule has 0 saturated carbocycles. The van der Waals surface area contributed by atoms with Crippen LogP contribution in [-0.2, 0) is 28.6 Å². The van der Waals surface area contributed by atoms with Crippen molar-refractivity contribution in [3.8, 4) is 6.07 Å². The molecule has 3 rings (SSSR count). The first kappa shape index (κ1) is 19.1. The number of nitrogens with zero attached hydrogens (tertiary/aromatic N) is 2. The molecular formula is C19H22N2O6. The normalized spacial score (nSPS) is 23.2. The number of rotatable bonds is 5. The summed E-state index contributed by atoms with van der Waals surface area (Å²) in [6, 6.07) is 8.68. The molecule has 144 valence electrons. The van der Waals surface area contributed by atoms with Crippen molar-refractivity contribution in [3.63, 3.8) is 0 Å². The van der Waals surface area contributed by atoms with Gasteiger partial charge in [-0.1, -0.05) is 0 Å². The van der Waals surface area contributed by atoms with Crippen LogP contribution in [0.1, 0.15) is 32.3 Å². The molecule has 0 spiro atoms. The first-order chi connectivity index (χ1) is 13.1. The Hall–Kier alpha value is -2.63. The molecular weight excluding hydrogens is 352 g/mol. The smallest absolute Gasteiger partial charge is 0.353 e. The van der Waals surface area contributed by atoms with E-state index < -0.39 is 23.8 Å². The summed E-state index contributed by atoms with van der Waals surface area (Å²) < 4.78 is 16.1. The van der Waals surface area contributed by atoms with Crippen LogP contribution in [0, 0.1) is 17.2 Å². The minimum absolute atomic E-state index is 0.108. The Labute approximate surface area is 157 Å². The summed E-state index contributed by atoms with van der Waals surface area (Å²) >= 11 is 0. The Bertz CT molecular complexity index is 724. The van der Waals surface area contributed by atoms with Crippen LogP contribution in [0.4, 0.5) is 5.69 Å². The molecule has 2 heterocycles. The molecule has 27 heavy (non-hydrogen) atoms. The average molecular weight is 374 g/mol. The molecule has 0 N–H and O–H groups in total. The Morgan fingerprint density at radius 1 is 1.22 bits per heavy atom. The zero-order valence-corrected chi connectivity index (χ0v) is 15.3. The second kappa shape index (κ2) is 7.94. The van der Waals surface area contributed by atoms with Crippen molar-refractivity contribution in [3.05, 3.63) is 29.8 Å². The number of hydrogen-bond donors (Lipinski definition) is 0. The summed E-state index contributed by atoms with van der Waals surface area (Å²) in [5.41, 5.74) is -0.820. The third kappa shape index (κ3) is 3.48. The van der Waals surface area contributed by atoms with Crippen LogP contribution < -0.4 is 5.06 Å². The Balaban J connectivity index is 2.00. The second-order valence-electron chi connectivity index (χ2n) is 6.36. The van der Waals surface area contributed by atoms with Crippen LogP contribution in [0.2, 0.25) is 0 Å². The number of nitriles is 1. The number of esters is 2. The van der Waals surface area contributed by atoms with Gasteiger partial charge in [0.1, 0.15) is 0 Å². The fraction of sp³-hybridized carbons (Fsp3) is 0.526. The van der Waals surface area contributed by atoms with E-state index in [1.54, 1.807) is 38.1 Å². The highest BCUT2D eigenvalue weighted by atomic mass is 16.8. The monoisotopic (exact) mass is 374 g/mol. The Morgan fingerprint density at radius 2 is 1.85 bits per heavy atom. The number of benzene rings is 1. The molecule has 8 nitrogen and oxygen atoms in total. The number of ether oxygens (including phenoxy) is 3. The fourth-order valence-electron chi connectivity index (χ4n) is 3.41. The van der Waals surface area contributed by atoms with E-state index in [0.717, 1.165) is 0 Å². The molecule has 0 bridgehead atoms. The van der Waals surface area contributed by atoms with Crippen molar-refractivity contribution in [2.75, 3.05) is 24.9 Å². The maximum Gasteiger partial charge on any atom is 0.353 e. The molecule has 0 aliphatic carbocycles. The van der Waals surface area contributed by atoms with Crippen LogP contribution >= 0.6 is 0 Å². The van der Waals surface area contributed by atoms with Gasteiger partial charge in [-0.25, -0.2) is 19.5 Å². The van der Waals surface area contributed by atoms with Gasteiger partial charge in [0.25, 0.3) is 5.60 Å². The highest BCUT2D eigenvalue weighted by Gasteiger charge is 2.60. The van der Waals surface area contributed by atoms with E-state index in [1.165, 1.54) is 5.06 Å². The second-order valence-corrected chi connectivity index (χ2v) is 6.36. The maximum absolute atomic E-state index is 12.7. The summed E-state index contributed by atoms with van der Waals surface area (Å²) in [7, 11) is 0. The van der Waals surface area contributed by atoms with Crippen molar-refractivity contribution < 1.29 is 28.6 Å². The highest BCUT2D eigenvalue weighted by Crippen LogP contribution is 2.42. The lowest BCUT2D eigenvalue weighted by Gasteiger charge is -2.44. The van der Waals surface area contributed by atoms with Gasteiger partial charge in [-0.15, -0.1) is 0 Å². The van der Waals surface area contributed by atoms with E-state index >= 15 is 0 Å². The highest BCUT2D eigenvalue weighted by molar-refractivity contribution is 6.04. The number of hydroxylamine groups is 1. The summed E-state index contributed by atoms with van der Waals surface area (Å²) in [4.78, 5) is 31.4. The summed E-state index contributed by atoms with van der Waals surface area (Å²) in [5, 5.41) is 10.4. The molecule has 0 aromatic heterocycles. The summed E-state index contributed by atoms with van der Waals surface area (Å²) in [6.45, 7) is 4.06. The SMILES string of the molecule is CCOC(=O)C1(C(=O)OCC)C[C@H]2CCO[C@H]2N(c2ccc(C#N)cc2)O1. The molecule has 8 heteroatoms. The molecule has 0 amide bonds. The van der Waals surface area contributed by atoms with E-state index in [2.05, 4.69) is 6.07 Å². The van der Waals surface area contributed by atoms with Crippen molar-refractivity contribution in [2.24, 2.45) is 5.92 Å². The first-order valence-corrected chi connectivity index (χ1v) is 9.00. The van der Waals surface area contributed by atoms with E-state index in [9.17, 15) is 9.59 Å². The van der Waals surface area contributed by atoms with Crippen LogP contribution in [0.5, 0.6) is 0 Å². The standard InChI is InChI=1S/C19H22N2O6/c1-3-24-17(22)19(18(23)25-4-2)11-14-9-10-26-16(14)21(27-19)15-7-5-13(12-20)6-8-15/h5-8,14,16H,3-4,9-11H2,1-2H3/t14-,16-/m1/s1. The third-order valence-corrected chi connectivity index (χ3v) is 4.68. The number of hydrogen-bond acceptors (Lipinski definition) is 8. The van der Waals surface area contributed by atoms with Gasteiger partial charge in [0.05, 0.1) is 30.5 Å². The number of anilines is 1. The van der Waals surface area contributed by atoms with Gasteiger partial charge in [-0.3, -0.25) is 0 Å². The van der Waals surface area contributed by atoms with Crippen molar-refractivity contribution in [2.45, 2.75) is 38.5 Å². The maximum atomic E-state index is 12.7. The molecule has 1 aromatic carbocycles. The molecule has 2 aliphatic rings. The molecule has 1 aromatic rings. The van der Waals surface area contributed by atoms with Crippen molar-refractivity contribution >= 4 is 17.6 Å². The van der Waals surface area contributed by atoms with Crippen LogP contribution in [0.15, 0.2) is 24.3 Å².